The molecule has 2 atom stereocenters. The number of amides is 2. The minimum absolute atomic E-state index is 0.00974. The number of hydrogen-bond donors (Lipinski definition) is 1. The first kappa shape index (κ1) is 26.3. The highest BCUT2D eigenvalue weighted by Crippen LogP contribution is 2.36. The van der Waals surface area contributed by atoms with Crippen LogP contribution in [0.2, 0.25) is 0 Å². The van der Waals surface area contributed by atoms with Gasteiger partial charge < -0.3 is 19.7 Å². The Kier molecular flexibility index (Phi) is 8.21. The Morgan fingerprint density at radius 1 is 1.11 bits per heavy atom. The zero-order chi connectivity index (χ0) is 25.8. The van der Waals surface area contributed by atoms with E-state index in [0.29, 0.717) is 17.9 Å². The van der Waals surface area contributed by atoms with Crippen LogP contribution in [-0.2, 0) is 26.2 Å². The standard InChI is InChI=1S/C24H30FN3O6S/c1-5-16(2)26-24(30)17(3)27(13-18-8-6-7-9-20(18)25)23(29)14-28(35(4,31)32)19-10-11-21-22(12-19)34-15-33-21/h6-12,16-17H,5,13-15H2,1-4H3,(H,26,30). The van der Waals surface area contributed by atoms with Crippen molar-refractivity contribution >= 4 is 27.5 Å². The summed E-state index contributed by atoms with van der Waals surface area (Å²) < 4.78 is 51.2. The van der Waals surface area contributed by atoms with Gasteiger partial charge >= 0.3 is 0 Å². The third-order valence-electron chi connectivity index (χ3n) is 5.79. The maximum Gasteiger partial charge on any atom is 0.244 e. The summed E-state index contributed by atoms with van der Waals surface area (Å²) in [6.07, 6.45) is 1.66. The van der Waals surface area contributed by atoms with Crippen molar-refractivity contribution in [2.75, 3.05) is 23.9 Å². The summed E-state index contributed by atoms with van der Waals surface area (Å²) in [6, 6.07) is 9.35. The van der Waals surface area contributed by atoms with Crippen molar-refractivity contribution in [2.24, 2.45) is 0 Å². The van der Waals surface area contributed by atoms with Gasteiger partial charge in [-0.25, -0.2) is 12.8 Å². The molecule has 1 aliphatic rings. The number of hydrogen-bond acceptors (Lipinski definition) is 6. The van der Waals surface area contributed by atoms with Crippen molar-refractivity contribution < 1.29 is 31.9 Å². The Balaban J connectivity index is 1.92. The summed E-state index contributed by atoms with van der Waals surface area (Å²) in [5, 5.41) is 2.82. The van der Waals surface area contributed by atoms with Crippen LogP contribution in [-0.4, -0.2) is 56.8 Å². The first-order valence-corrected chi connectivity index (χ1v) is 13.1. The molecule has 0 aliphatic carbocycles. The normalized spacial score (nSPS) is 14.2. The van der Waals surface area contributed by atoms with Crippen LogP contribution in [0.4, 0.5) is 10.1 Å². The van der Waals surface area contributed by atoms with E-state index in [4.69, 9.17) is 9.47 Å². The molecule has 3 rings (SSSR count). The fourth-order valence-electron chi connectivity index (χ4n) is 3.51. The second kappa shape index (κ2) is 10.9. The molecular weight excluding hydrogens is 477 g/mol. The molecular formula is C24H30FN3O6S. The number of rotatable bonds is 10. The van der Waals surface area contributed by atoms with Gasteiger partial charge in [0.15, 0.2) is 11.5 Å². The summed E-state index contributed by atoms with van der Waals surface area (Å²) in [5.74, 6) is -0.796. The largest absolute Gasteiger partial charge is 0.454 e. The number of carbonyl (C=O) groups is 2. The average molecular weight is 508 g/mol. The van der Waals surface area contributed by atoms with Crippen molar-refractivity contribution in [1.82, 2.24) is 10.2 Å². The fourth-order valence-corrected chi connectivity index (χ4v) is 4.35. The van der Waals surface area contributed by atoms with E-state index in [1.165, 1.54) is 42.2 Å². The zero-order valence-corrected chi connectivity index (χ0v) is 21.0. The van der Waals surface area contributed by atoms with Gasteiger partial charge in [-0.3, -0.25) is 13.9 Å². The predicted octanol–water partition coefficient (Wildman–Crippen LogP) is 2.65. The second-order valence-corrected chi connectivity index (χ2v) is 10.3. The molecule has 0 bridgehead atoms. The minimum Gasteiger partial charge on any atom is -0.454 e. The molecule has 1 aliphatic heterocycles. The van der Waals surface area contributed by atoms with Crippen molar-refractivity contribution in [2.45, 2.75) is 45.8 Å². The summed E-state index contributed by atoms with van der Waals surface area (Å²) in [7, 11) is -3.90. The van der Waals surface area contributed by atoms with Crippen molar-refractivity contribution in [3.8, 4) is 11.5 Å². The highest BCUT2D eigenvalue weighted by Gasteiger charge is 2.31. The molecule has 190 valence electrons. The third kappa shape index (κ3) is 6.41. The first-order chi connectivity index (χ1) is 16.5. The third-order valence-corrected chi connectivity index (χ3v) is 6.93. The molecule has 1 N–H and O–H groups in total. The van der Waals surface area contributed by atoms with Gasteiger partial charge in [0.1, 0.15) is 18.4 Å². The topological polar surface area (TPSA) is 105 Å². The molecule has 1 heterocycles. The van der Waals surface area contributed by atoms with E-state index in [1.807, 2.05) is 13.8 Å². The van der Waals surface area contributed by atoms with Crippen LogP contribution in [0, 0.1) is 5.82 Å². The van der Waals surface area contributed by atoms with Crippen LogP contribution in [0.25, 0.3) is 0 Å². The monoisotopic (exact) mass is 507 g/mol. The lowest BCUT2D eigenvalue weighted by Gasteiger charge is -2.32. The summed E-state index contributed by atoms with van der Waals surface area (Å²) in [5.41, 5.74) is 0.408. The highest BCUT2D eigenvalue weighted by molar-refractivity contribution is 7.92. The lowest BCUT2D eigenvalue weighted by Crippen LogP contribution is -2.52. The zero-order valence-electron chi connectivity index (χ0n) is 20.2. The van der Waals surface area contributed by atoms with Gasteiger partial charge in [-0.2, -0.15) is 0 Å². The smallest absolute Gasteiger partial charge is 0.244 e. The lowest BCUT2D eigenvalue weighted by atomic mass is 10.1. The quantitative estimate of drug-likeness (QED) is 0.530. The number of halogens is 1. The van der Waals surface area contributed by atoms with Gasteiger partial charge in [0, 0.05) is 24.2 Å². The molecule has 0 saturated carbocycles. The highest BCUT2D eigenvalue weighted by atomic mass is 32.2. The van der Waals surface area contributed by atoms with Gasteiger partial charge in [-0.15, -0.1) is 0 Å². The number of nitrogens with one attached hydrogen (secondary N) is 1. The van der Waals surface area contributed by atoms with Crippen LogP contribution in [0.1, 0.15) is 32.8 Å². The molecule has 0 spiro atoms. The first-order valence-electron chi connectivity index (χ1n) is 11.2. The summed E-state index contributed by atoms with van der Waals surface area (Å²) in [6.45, 7) is 4.48. The molecule has 2 aromatic rings. The molecule has 2 unspecified atom stereocenters. The van der Waals surface area contributed by atoms with Gasteiger partial charge in [0.05, 0.1) is 11.9 Å². The molecule has 9 nitrogen and oxygen atoms in total. The Bertz CT molecular complexity index is 1190. The van der Waals surface area contributed by atoms with Crippen LogP contribution in [0.5, 0.6) is 11.5 Å². The van der Waals surface area contributed by atoms with E-state index < -0.39 is 40.2 Å². The molecule has 2 amide bonds. The van der Waals surface area contributed by atoms with E-state index in [2.05, 4.69) is 5.32 Å². The molecule has 0 fully saturated rings. The summed E-state index contributed by atoms with van der Waals surface area (Å²) in [4.78, 5) is 27.5. The number of sulfonamides is 1. The van der Waals surface area contributed by atoms with E-state index >= 15 is 0 Å². The van der Waals surface area contributed by atoms with Crippen LogP contribution in [0.15, 0.2) is 42.5 Å². The van der Waals surface area contributed by atoms with Crippen LogP contribution in [0.3, 0.4) is 0 Å². The average Bonchev–Trinajstić information content (AvgIpc) is 3.28. The fraction of sp³-hybridized carbons (Fsp3) is 0.417. The van der Waals surface area contributed by atoms with Crippen molar-refractivity contribution in [1.29, 1.82) is 0 Å². The van der Waals surface area contributed by atoms with Gasteiger partial charge in [0.25, 0.3) is 0 Å². The Morgan fingerprint density at radius 2 is 1.80 bits per heavy atom. The SMILES string of the molecule is CCC(C)NC(=O)C(C)N(Cc1ccccc1F)C(=O)CN(c1ccc2c(c1)OCO2)S(C)(=O)=O. The second-order valence-electron chi connectivity index (χ2n) is 8.41. The van der Waals surface area contributed by atoms with Crippen LogP contribution < -0.4 is 19.1 Å². The van der Waals surface area contributed by atoms with Crippen molar-refractivity contribution in [3.05, 3.63) is 53.8 Å². The van der Waals surface area contributed by atoms with Gasteiger partial charge in [0.2, 0.25) is 28.6 Å². The number of carbonyl (C=O) groups excluding carboxylic acids is 2. The van der Waals surface area contributed by atoms with E-state index in [9.17, 15) is 22.4 Å². The molecule has 0 aromatic heterocycles. The number of nitrogens with zero attached hydrogens (tertiary/aromatic N) is 2. The lowest BCUT2D eigenvalue weighted by molar-refractivity contribution is -0.139. The maximum absolute atomic E-state index is 14.4. The predicted molar refractivity (Wildman–Crippen MR) is 129 cm³/mol. The van der Waals surface area contributed by atoms with Crippen molar-refractivity contribution in [3.63, 3.8) is 0 Å². The Hall–Kier alpha value is -3.34. The molecule has 0 radical (unpaired) electrons. The van der Waals surface area contributed by atoms with E-state index in [-0.39, 0.29) is 30.6 Å². The molecule has 11 heteroatoms. The Labute approximate surface area is 204 Å². The van der Waals surface area contributed by atoms with E-state index in [0.717, 1.165) is 10.6 Å². The Morgan fingerprint density at radius 3 is 2.46 bits per heavy atom. The van der Waals surface area contributed by atoms with Gasteiger partial charge in [-0.05, 0) is 38.5 Å². The minimum atomic E-state index is -3.90. The molecule has 0 saturated heterocycles. The van der Waals surface area contributed by atoms with E-state index in [1.54, 1.807) is 12.1 Å². The number of anilines is 1. The van der Waals surface area contributed by atoms with Crippen LogP contribution >= 0.6 is 0 Å². The number of ether oxygens (including phenoxy) is 2. The van der Waals surface area contributed by atoms with Gasteiger partial charge in [-0.1, -0.05) is 25.1 Å². The molecule has 2 aromatic carbocycles. The summed E-state index contributed by atoms with van der Waals surface area (Å²) >= 11 is 0. The maximum atomic E-state index is 14.4. The number of fused-ring (bicyclic) bond motifs is 1. The molecule has 35 heavy (non-hydrogen) atoms. The number of benzene rings is 2.